The average molecular weight is 308 g/mol. The second kappa shape index (κ2) is 6.08. The Balaban J connectivity index is 1.94. The first-order chi connectivity index (χ1) is 11.0. The average Bonchev–Trinajstić information content (AvgIpc) is 2.52. The molecule has 3 rings (SSSR count). The highest BCUT2D eigenvalue weighted by molar-refractivity contribution is 5.97. The fourth-order valence-corrected chi connectivity index (χ4v) is 2.54. The van der Waals surface area contributed by atoms with Gasteiger partial charge < -0.3 is 9.15 Å². The Morgan fingerprint density at radius 3 is 2.57 bits per heavy atom. The highest BCUT2D eigenvalue weighted by Gasteiger charge is 2.12. The van der Waals surface area contributed by atoms with Gasteiger partial charge in [-0.05, 0) is 37.1 Å². The minimum Gasteiger partial charge on any atom is -0.485 e. The molecule has 0 unspecified atom stereocenters. The molecule has 1 heterocycles. The van der Waals surface area contributed by atoms with Crippen LogP contribution in [0.5, 0.6) is 5.75 Å². The number of Topliss-reactive ketones (excluding diaryl/α,β-unsaturated/α-hetero) is 1. The van der Waals surface area contributed by atoms with Crippen LogP contribution in [0.3, 0.4) is 0 Å². The van der Waals surface area contributed by atoms with E-state index in [-0.39, 0.29) is 12.4 Å². The minimum atomic E-state index is -0.396. The number of rotatable bonds is 4. The van der Waals surface area contributed by atoms with Crippen LogP contribution in [-0.4, -0.2) is 12.4 Å². The molecule has 2 aromatic carbocycles. The molecule has 0 fully saturated rings. The summed E-state index contributed by atoms with van der Waals surface area (Å²) in [6, 6.07) is 14.0. The molecule has 116 valence electrons. The zero-order chi connectivity index (χ0) is 16.4. The van der Waals surface area contributed by atoms with E-state index >= 15 is 0 Å². The summed E-state index contributed by atoms with van der Waals surface area (Å²) in [6.07, 6.45) is 0. The molecule has 0 aliphatic rings. The van der Waals surface area contributed by atoms with Gasteiger partial charge in [-0.1, -0.05) is 30.3 Å². The molecule has 0 N–H and O–H groups in total. The molecule has 0 radical (unpaired) electrons. The van der Waals surface area contributed by atoms with Gasteiger partial charge in [0.1, 0.15) is 11.3 Å². The molecule has 1 aromatic heterocycles. The lowest BCUT2D eigenvalue weighted by Gasteiger charge is -2.11. The zero-order valence-electron chi connectivity index (χ0n) is 13.0. The fraction of sp³-hybridized carbons (Fsp3) is 0.158. The van der Waals surface area contributed by atoms with Gasteiger partial charge in [0.15, 0.2) is 12.4 Å². The van der Waals surface area contributed by atoms with Gasteiger partial charge in [-0.2, -0.15) is 0 Å². The second-order valence-corrected chi connectivity index (χ2v) is 5.46. The van der Waals surface area contributed by atoms with Crippen molar-refractivity contribution in [3.05, 3.63) is 75.6 Å². The van der Waals surface area contributed by atoms with Gasteiger partial charge in [-0.25, -0.2) is 4.79 Å². The zero-order valence-corrected chi connectivity index (χ0v) is 13.0. The van der Waals surface area contributed by atoms with Crippen LogP contribution in [0, 0.1) is 13.8 Å². The highest BCUT2D eigenvalue weighted by Crippen LogP contribution is 2.29. The number of hydrogen-bond donors (Lipinski definition) is 0. The van der Waals surface area contributed by atoms with E-state index in [9.17, 15) is 9.59 Å². The lowest BCUT2D eigenvalue weighted by Crippen LogP contribution is -2.12. The van der Waals surface area contributed by atoms with Gasteiger partial charge in [-0.15, -0.1) is 0 Å². The van der Waals surface area contributed by atoms with Crippen molar-refractivity contribution in [3.8, 4) is 5.75 Å². The summed E-state index contributed by atoms with van der Waals surface area (Å²) in [7, 11) is 0. The minimum absolute atomic E-state index is 0.0683. The van der Waals surface area contributed by atoms with E-state index in [1.165, 1.54) is 6.07 Å². The summed E-state index contributed by atoms with van der Waals surface area (Å²) in [6.45, 7) is 3.63. The smallest absolute Gasteiger partial charge is 0.336 e. The van der Waals surface area contributed by atoms with Gasteiger partial charge in [0, 0.05) is 11.6 Å². The Morgan fingerprint density at radius 1 is 1.09 bits per heavy atom. The molecule has 3 aromatic rings. The number of carbonyl (C=O) groups excluding carboxylic acids is 1. The molecular weight excluding hydrogens is 292 g/mol. The van der Waals surface area contributed by atoms with Crippen LogP contribution < -0.4 is 10.4 Å². The van der Waals surface area contributed by atoms with Crippen molar-refractivity contribution in [2.45, 2.75) is 13.8 Å². The Kier molecular flexibility index (Phi) is 3.98. The predicted octanol–water partition coefficient (Wildman–Crippen LogP) is 3.67. The van der Waals surface area contributed by atoms with Crippen molar-refractivity contribution in [1.29, 1.82) is 0 Å². The summed E-state index contributed by atoms with van der Waals surface area (Å²) in [5.41, 5.74) is 2.34. The van der Waals surface area contributed by atoms with Crippen molar-refractivity contribution in [2.75, 3.05) is 6.61 Å². The van der Waals surface area contributed by atoms with Crippen molar-refractivity contribution < 1.29 is 13.9 Å². The molecular formula is C19H16O4. The molecule has 0 aliphatic heterocycles. The van der Waals surface area contributed by atoms with Crippen LogP contribution in [0.1, 0.15) is 21.5 Å². The molecule has 0 aliphatic carbocycles. The molecule has 0 amide bonds. The summed E-state index contributed by atoms with van der Waals surface area (Å²) < 4.78 is 11.0. The molecule has 0 saturated heterocycles. The van der Waals surface area contributed by atoms with Crippen molar-refractivity contribution >= 4 is 16.8 Å². The van der Waals surface area contributed by atoms with E-state index in [1.807, 2.05) is 38.1 Å². The van der Waals surface area contributed by atoms with Crippen LogP contribution in [0.25, 0.3) is 11.0 Å². The SMILES string of the molecule is Cc1cc(OCC(=O)c2ccccc2)c2c(C)cc(=O)oc2c1. The maximum absolute atomic E-state index is 12.2. The Hall–Kier alpha value is -2.88. The summed E-state index contributed by atoms with van der Waals surface area (Å²) >= 11 is 0. The summed E-state index contributed by atoms with van der Waals surface area (Å²) in [5.74, 6) is 0.445. The third kappa shape index (κ3) is 3.16. The standard InChI is InChI=1S/C19H16O4/c1-12-8-16(19-13(2)10-18(21)23-17(19)9-12)22-11-15(20)14-6-4-3-5-7-14/h3-10H,11H2,1-2H3. The van der Waals surface area contributed by atoms with E-state index < -0.39 is 5.63 Å². The van der Waals surface area contributed by atoms with Crippen molar-refractivity contribution in [1.82, 2.24) is 0 Å². The number of ketones is 1. The van der Waals surface area contributed by atoms with Crippen molar-refractivity contribution in [3.63, 3.8) is 0 Å². The Labute approximate surface area is 133 Å². The van der Waals surface area contributed by atoms with E-state index in [2.05, 4.69) is 0 Å². The number of carbonyl (C=O) groups is 1. The first-order valence-corrected chi connectivity index (χ1v) is 7.31. The van der Waals surface area contributed by atoms with E-state index in [1.54, 1.807) is 18.2 Å². The van der Waals surface area contributed by atoms with E-state index in [0.29, 0.717) is 16.9 Å². The van der Waals surface area contributed by atoms with Crippen LogP contribution in [0.15, 0.2) is 57.7 Å². The normalized spacial score (nSPS) is 10.7. The topological polar surface area (TPSA) is 56.5 Å². The molecule has 0 saturated carbocycles. The maximum Gasteiger partial charge on any atom is 0.336 e. The lowest BCUT2D eigenvalue weighted by molar-refractivity contribution is 0.0922. The van der Waals surface area contributed by atoms with Gasteiger partial charge in [0.2, 0.25) is 0 Å². The number of hydrogen-bond acceptors (Lipinski definition) is 4. The first kappa shape index (κ1) is 15.0. The van der Waals surface area contributed by atoms with Crippen LogP contribution in [0.2, 0.25) is 0 Å². The monoisotopic (exact) mass is 308 g/mol. The Morgan fingerprint density at radius 2 is 1.83 bits per heavy atom. The third-order valence-corrected chi connectivity index (χ3v) is 3.60. The van der Waals surface area contributed by atoms with Crippen LogP contribution in [-0.2, 0) is 0 Å². The number of benzene rings is 2. The van der Waals surface area contributed by atoms with Gasteiger partial charge in [-0.3, -0.25) is 4.79 Å². The largest absolute Gasteiger partial charge is 0.485 e. The van der Waals surface area contributed by atoms with Gasteiger partial charge >= 0.3 is 5.63 Å². The third-order valence-electron chi connectivity index (χ3n) is 3.60. The fourth-order valence-electron chi connectivity index (χ4n) is 2.54. The van der Waals surface area contributed by atoms with Crippen LogP contribution in [0.4, 0.5) is 0 Å². The van der Waals surface area contributed by atoms with Gasteiger partial charge in [0.05, 0.1) is 5.39 Å². The second-order valence-electron chi connectivity index (χ2n) is 5.46. The molecule has 4 heteroatoms. The van der Waals surface area contributed by atoms with Crippen molar-refractivity contribution in [2.24, 2.45) is 0 Å². The predicted molar refractivity (Wildman–Crippen MR) is 88.2 cm³/mol. The maximum atomic E-state index is 12.2. The highest BCUT2D eigenvalue weighted by atomic mass is 16.5. The Bertz CT molecular complexity index is 923. The number of fused-ring (bicyclic) bond motifs is 1. The quantitative estimate of drug-likeness (QED) is 0.545. The first-order valence-electron chi connectivity index (χ1n) is 7.31. The van der Waals surface area contributed by atoms with Gasteiger partial charge in [0.25, 0.3) is 0 Å². The summed E-state index contributed by atoms with van der Waals surface area (Å²) in [4.78, 5) is 23.7. The number of ether oxygens (including phenoxy) is 1. The van der Waals surface area contributed by atoms with E-state index in [0.717, 1.165) is 16.5 Å². The lowest BCUT2D eigenvalue weighted by atomic mass is 10.1. The molecule has 23 heavy (non-hydrogen) atoms. The molecule has 4 nitrogen and oxygen atoms in total. The number of aryl methyl sites for hydroxylation is 2. The van der Waals surface area contributed by atoms with Crippen LogP contribution >= 0.6 is 0 Å². The van der Waals surface area contributed by atoms with E-state index in [4.69, 9.17) is 9.15 Å². The molecule has 0 atom stereocenters. The molecule has 0 spiro atoms. The summed E-state index contributed by atoms with van der Waals surface area (Å²) in [5, 5.41) is 0.719. The molecule has 0 bridgehead atoms.